The average Bonchev–Trinajstić information content (AvgIpc) is 2.59. The quantitative estimate of drug-likeness (QED) is 0.647. The van der Waals surface area contributed by atoms with Crippen molar-refractivity contribution < 1.29 is 14.6 Å². The third kappa shape index (κ3) is 5.38. The molecule has 3 nitrogen and oxygen atoms in total. The lowest BCUT2D eigenvalue weighted by Crippen LogP contribution is -2.25. The lowest BCUT2D eigenvalue weighted by atomic mass is 9.96. The van der Waals surface area contributed by atoms with Crippen LogP contribution in [0.2, 0.25) is 0 Å². The van der Waals surface area contributed by atoms with Gasteiger partial charge in [0.05, 0.1) is 18.8 Å². The van der Waals surface area contributed by atoms with Crippen molar-refractivity contribution in [2.24, 2.45) is 5.41 Å². The van der Waals surface area contributed by atoms with Gasteiger partial charge in [-0.25, -0.2) is 4.79 Å². The molecule has 0 fully saturated rings. The van der Waals surface area contributed by atoms with Gasteiger partial charge < -0.3 is 9.84 Å². The number of aliphatic hydroxyl groups is 1. The second-order valence-corrected chi connectivity index (χ2v) is 6.26. The van der Waals surface area contributed by atoms with E-state index in [9.17, 15) is 4.79 Å². The molecule has 1 N–H and O–H groups in total. The summed E-state index contributed by atoms with van der Waals surface area (Å²) in [5.41, 5.74) is 2.23. The molecule has 0 aliphatic rings. The smallest absolute Gasteiger partial charge is 0.338 e. The summed E-state index contributed by atoms with van der Waals surface area (Å²) < 4.78 is 5.24. The average molecular weight is 310 g/mol. The molecule has 0 saturated carbocycles. The van der Waals surface area contributed by atoms with Crippen LogP contribution in [0.5, 0.6) is 0 Å². The second-order valence-electron chi connectivity index (χ2n) is 6.26. The summed E-state index contributed by atoms with van der Waals surface area (Å²) in [5, 5.41) is 9.17. The van der Waals surface area contributed by atoms with Crippen LogP contribution in [0.15, 0.2) is 54.6 Å². The van der Waals surface area contributed by atoms with Crippen molar-refractivity contribution in [1.29, 1.82) is 0 Å². The Balaban J connectivity index is 1.96. The Bertz CT molecular complexity index is 655. The number of hydrogen-bond donors (Lipinski definition) is 1. The van der Waals surface area contributed by atoms with Crippen LogP contribution < -0.4 is 0 Å². The van der Waals surface area contributed by atoms with Gasteiger partial charge in [0, 0.05) is 5.41 Å². The Hall–Kier alpha value is -2.39. The third-order valence-corrected chi connectivity index (χ3v) is 3.44. The van der Waals surface area contributed by atoms with E-state index in [-0.39, 0.29) is 19.2 Å². The van der Waals surface area contributed by atoms with Gasteiger partial charge in [-0.15, -0.1) is 0 Å². The predicted molar refractivity (Wildman–Crippen MR) is 93.0 cm³/mol. The van der Waals surface area contributed by atoms with Gasteiger partial charge in [0.15, 0.2) is 0 Å². The molecule has 2 aromatic rings. The zero-order valence-electron chi connectivity index (χ0n) is 13.5. The summed E-state index contributed by atoms with van der Waals surface area (Å²) >= 11 is 0. The molecule has 0 radical (unpaired) electrons. The van der Waals surface area contributed by atoms with E-state index in [1.54, 1.807) is 12.1 Å². The number of esters is 1. The molecule has 0 aliphatic carbocycles. The van der Waals surface area contributed by atoms with Gasteiger partial charge in [-0.05, 0) is 23.3 Å². The summed E-state index contributed by atoms with van der Waals surface area (Å²) in [4.78, 5) is 12.0. The van der Waals surface area contributed by atoms with Crippen LogP contribution in [-0.4, -0.2) is 24.3 Å². The van der Waals surface area contributed by atoms with Crippen molar-refractivity contribution in [3.05, 3.63) is 71.3 Å². The Kier molecular flexibility index (Phi) is 5.72. The zero-order chi connectivity index (χ0) is 16.7. The summed E-state index contributed by atoms with van der Waals surface area (Å²) in [6.07, 6.45) is 4.02. The molecule has 2 rings (SSSR count). The summed E-state index contributed by atoms with van der Waals surface area (Å²) in [6.45, 7) is 3.86. The largest absolute Gasteiger partial charge is 0.461 e. The lowest BCUT2D eigenvalue weighted by Gasteiger charge is -2.20. The van der Waals surface area contributed by atoms with E-state index in [1.807, 2.05) is 68.5 Å². The molecule has 0 saturated heterocycles. The van der Waals surface area contributed by atoms with Crippen molar-refractivity contribution in [1.82, 2.24) is 0 Å². The molecule has 0 atom stereocenters. The summed E-state index contributed by atoms with van der Waals surface area (Å²) in [6, 6.07) is 17.3. The minimum atomic E-state index is -0.423. The maximum Gasteiger partial charge on any atom is 0.338 e. The normalized spacial score (nSPS) is 11.6. The number of aliphatic hydroxyl groups excluding tert-OH is 1. The van der Waals surface area contributed by atoms with Crippen molar-refractivity contribution in [3.8, 4) is 0 Å². The molecule has 0 amide bonds. The van der Waals surface area contributed by atoms with Crippen molar-refractivity contribution in [2.45, 2.75) is 13.8 Å². The van der Waals surface area contributed by atoms with E-state index in [4.69, 9.17) is 9.84 Å². The monoisotopic (exact) mass is 310 g/mol. The molecule has 2 aromatic carbocycles. The molecular formula is C20H22O3. The first-order valence-electron chi connectivity index (χ1n) is 7.61. The lowest BCUT2D eigenvalue weighted by molar-refractivity contribution is 0.0219. The van der Waals surface area contributed by atoms with Crippen LogP contribution in [0.1, 0.15) is 35.3 Å². The first-order valence-corrected chi connectivity index (χ1v) is 7.61. The highest BCUT2D eigenvalue weighted by Gasteiger charge is 2.19. The fourth-order valence-electron chi connectivity index (χ4n) is 1.88. The first-order chi connectivity index (χ1) is 11.0. The van der Waals surface area contributed by atoms with E-state index in [2.05, 4.69) is 0 Å². The van der Waals surface area contributed by atoms with Crippen LogP contribution in [0.3, 0.4) is 0 Å². The third-order valence-electron chi connectivity index (χ3n) is 3.44. The maximum atomic E-state index is 12.0. The predicted octanol–water partition coefficient (Wildman–Crippen LogP) is 4.03. The van der Waals surface area contributed by atoms with Gasteiger partial charge in [-0.3, -0.25) is 0 Å². The molecule has 0 spiro atoms. The van der Waals surface area contributed by atoms with Gasteiger partial charge in [-0.1, -0.05) is 68.5 Å². The Labute approximate surface area is 137 Å². The van der Waals surface area contributed by atoms with Gasteiger partial charge in [0.1, 0.15) is 0 Å². The maximum absolute atomic E-state index is 12.0. The highest BCUT2D eigenvalue weighted by atomic mass is 16.5. The Morgan fingerprint density at radius 1 is 1.00 bits per heavy atom. The molecule has 23 heavy (non-hydrogen) atoms. The summed E-state index contributed by atoms with van der Waals surface area (Å²) in [5.74, 6) is -0.370. The molecule has 120 valence electrons. The van der Waals surface area contributed by atoms with Crippen molar-refractivity contribution in [2.75, 3.05) is 13.2 Å². The van der Waals surface area contributed by atoms with Gasteiger partial charge in [0.25, 0.3) is 0 Å². The highest BCUT2D eigenvalue weighted by molar-refractivity contribution is 5.89. The van der Waals surface area contributed by atoms with E-state index in [0.29, 0.717) is 5.56 Å². The molecule has 0 heterocycles. The fourth-order valence-corrected chi connectivity index (χ4v) is 1.88. The topological polar surface area (TPSA) is 46.5 Å². The van der Waals surface area contributed by atoms with Crippen LogP contribution in [0.4, 0.5) is 0 Å². The van der Waals surface area contributed by atoms with Gasteiger partial charge in [0.2, 0.25) is 0 Å². The molecule has 0 aliphatic heterocycles. The highest BCUT2D eigenvalue weighted by Crippen LogP contribution is 2.16. The fraction of sp³-hybridized carbons (Fsp3) is 0.250. The number of rotatable bonds is 6. The first kappa shape index (κ1) is 17.0. The summed E-state index contributed by atoms with van der Waals surface area (Å²) in [7, 11) is 0. The standard InChI is InChI=1S/C20H22O3/c1-20(2,14-21)15-23-19(22)18-12-10-17(11-13-18)9-8-16-6-4-3-5-7-16/h3-13,21H,14-15H2,1-2H3/b9-8+. The number of benzene rings is 2. The van der Waals surface area contributed by atoms with Gasteiger partial charge >= 0.3 is 5.97 Å². The molecule has 3 heteroatoms. The SMILES string of the molecule is CC(C)(CO)COC(=O)c1ccc(/C=C/c2ccccc2)cc1. The Morgan fingerprint density at radius 2 is 1.57 bits per heavy atom. The van der Waals surface area contributed by atoms with Crippen LogP contribution in [0, 0.1) is 5.41 Å². The van der Waals surface area contributed by atoms with E-state index < -0.39 is 5.41 Å². The minimum Gasteiger partial charge on any atom is -0.461 e. The number of ether oxygens (including phenoxy) is 1. The molecule has 0 bridgehead atoms. The molecule has 0 unspecified atom stereocenters. The van der Waals surface area contributed by atoms with Crippen LogP contribution >= 0.6 is 0 Å². The van der Waals surface area contributed by atoms with Crippen LogP contribution in [0.25, 0.3) is 12.2 Å². The van der Waals surface area contributed by atoms with Gasteiger partial charge in [-0.2, -0.15) is 0 Å². The minimum absolute atomic E-state index is 0.0243. The van der Waals surface area contributed by atoms with E-state index in [1.165, 1.54) is 0 Å². The molecule has 0 aromatic heterocycles. The van der Waals surface area contributed by atoms with Crippen molar-refractivity contribution >= 4 is 18.1 Å². The van der Waals surface area contributed by atoms with E-state index in [0.717, 1.165) is 11.1 Å². The molecular weight excluding hydrogens is 288 g/mol. The number of hydrogen-bond acceptors (Lipinski definition) is 3. The number of carbonyl (C=O) groups excluding carboxylic acids is 1. The number of carbonyl (C=O) groups is 1. The van der Waals surface area contributed by atoms with E-state index >= 15 is 0 Å². The second kappa shape index (κ2) is 7.75. The Morgan fingerprint density at radius 3 is 2.13 bits per heavy atom. The van der Waals surface area contributed by atoms with Crippen molar-refractivity contribution in [3.63, 3.8) is 0 Å². The van der Waals surface area contributed by atoms with Crippen LogP contribution in [-0.2, 0) is 4.74 Å². The zero-order valence-corrected chi connectivity index (χ0v) is 13.5.